The molecular weight excluding hydrogens is 210 g/mol. The van der Waals surface area contributed by atoms with E-state index >= 15 is 0 Å². The molecule has 2 rings (SSSR count). The van der Waals surface area contributed by atoms with Crippen molar-refractivity contribution in [3.05, 3.63) is 22.4 Å². The van der Waals surface area contributed by atoms with Crippen LogP contribution in [0, 0.1) is 5.92 Å². The summed E-state index contributed by atoms with van der Waals surface area (Å²) in [5, 5.41) is 13.1. The van der Waals surface area contributed by atoms with Gasteiger partial charge in [0, 0.05) is 13.1 Å². The van der Waals surface area contributed by atoms with Gasteiger partial charge in [-0.3, -0.25) is 0 Å². The molecule has 0 spiro atoms. The average molecular weight is 225 g/mol. The summed E-state index contributed by atoms with van der Waals surface area (Å²) in [6, 6.07) is 2.16. The van der Waals surface area contributed by atoms with E-state index in [-0.39, 0.29) is 0 Å². The van der Waals surface area contributed by atoms with Gasteiger partial charge >= 0.3 is 6.09 Å². The van der Waals surface area contributed by atoms with E-state index in [1.54, 1.807) is 11.3 Å². The second-order valence-corrected chi connectivity index (χ2v) is 4.83. The lowest BCUT2D eigenvalue weighted by atomic mass is 9.91. The van der Waals surface area contributed by atoms with Crippen LogP contribution in [0.3, 0.4) is 0 Å². The van der Waals surface area contributed by atoms with Crippen LogP contribution in [0.5, 0.6) is 0 Å². The maximum atomic E-state index is 10.7. The molecule has 0 unspecified atom stereocenters. The summed E-state index contributed by atoms with van der Waals surface area (Å²) in [6.07, 6.45) is 2.34. The predicted molar refractivity (Wildman–Crippen MR) is 60.3 cm³/mol. The Labute approximate surface area is 93.3 Å². The van der Waals surface area contributed by atoms with E-state index in [9.17, 15) is 4.79 Å². The highest BCUT2D eigenvalue weighted by atomic mass is 32.1. The summed E-state index contributed by atoms with van der Waals surface area (Å²) in [4.78, 5) is 12.2. The van der Waals surface area contributed by atoms with Crippen molar-refractivity contribution >= 4 is 17.4 Å². The van der Waals surface area contributed by atoms with Crippen molar-refractivity contribution in [3.63, 3.8) is 0 Å². The molecule has 0 atom stereocenters. The van der Waals surface area contributed by atoms with E-state index in [2.05, 4.69) is 16.8 Å². The molecule has 1 aliphatic heterocycles. The first kappa shape index (κ1) is 10.5. The molecule has 1 amide bonds. The SMILES string of the molecule is O=C(O)N1CCC(Cc2ccsc2)CC1. The largest absolute Gasteiger partial charge is 0.465 e. The van der Waals surface area contributed by atoms with Crippen LogP contribution in [0.2, 0.25) is 0 Å². The Balaban J connectivity index is 1.81. The molecule has 1 fully saturated rings. The highest BCUT2D eigenvalue weighted by Gasteiger charge is 2.22. The third-order valence-corrected chi connectivity index (χ3v) is 3.72. The number of nitrogens with zero attached hydrogens (tertiary/aromatic N) is 1. The third-order valence-electron chi connectivity index (χ3n) is 2.99. The summed E-state index contributed by atoms with van der Waals surface area (Å²) in [5.41, 5.74) is 1.40. The van der Waals surface area contributed by atoms with Gasteiger partial charge in [-0.2, -0.15) is 11.3 Å². The Kier molecular flexibility index (Phi) is 3.26. The molecule has 1 aromatic heterocycles. The van der Waals surface area contributed by atoms with Crippen LogP contribution in [0.15, 0.2) is 16.8 Å². The van der Waals surface area contributed by atoms with Crippen LogP contribution in [-0.2, 0) is 6.42 Å². The van der Waals surface area contributed by atoms with Crippen molar-refractivity contribution in [2.24, 2.45) is 5.92 Å². The molecular formula is C11H15NO2S. The zero-order valence-electron chi connectivity index (χ0n) is 8.56. The summed E-state index contributed by atoms with van der Waals surface area (Å²) >= 11 is 1.73. The van der Waals surface area contributed by atoms with Gasteiger partial charge in [-0.25, -0.2) is 4.79 Å². The molecule has 2 heterocycles. The molecule has 1 N–H and O–H groups in total. The van der Waals surface area contributed by atoms with Gasteiger partial charge in [-0.15, -0.1) is 0 Å². The Hall–Kier alpha value is -1.03. The number of hydrogen-bond acceptors (Lipinski definition) is 2. The van der Waals surface area contributed by atoms with Crippen LogP contribution >= 0.6 is 11.3 Å². The van der Waals surface area contributed by atoms with E-state index in [4.69, 9.17) is 5.11 Å². The van der Waals surface area contributed by atoms with Crippen molar-refractivity contribution in [1.29, 1.82) is 0 Å². The number of likely N-dealkylation sites (tertiary alicyclic amines) is 1. The van der Waals surface area contributed by atoms with Crippen molar-refractivity contribution in [2.75, 3.05) is 13.1 Å². The highest BCUT2D eigenvalue weighted by molar-refractivity contribution is 7.07. The van der Waals surface area contributed by atoms with Crippen LogP contribution in [0.25, 0.3) is 0 Å². The van der Waals surface area contributed by atoms with Crippen molar-refractivity contribution in [1.82, 2.24) is 4.90 Å². The predicted octanol–water partition coefficient (Wildman–Crippen LogP) is 2.68. The van der Waals surface area contributed by atoms with Gasteiger partial charge in [0.1, 0.15) is 0 Å². The van der Waals surface area contributed by atoms with Gasteiger partial charge in [-0.1, -0.05) is 0 Å². The van der Waals surface area contributed by atoms with Crippen molar-refractivity contribution in [2.45, 2.75) is 19.3 Å². The molecule has 1 saturated heterocycles. The van der Waals surface area contributed by atoms with E-state index in [1.165, 1.54) is 10.5 Å². The summed E-state index contributed by atoms with van der Waals surface area (Å²) < 4.78 is 0. The van der Waals surface area contributed by atoms with E-state index in [0.29, 0.717) is 19.0 Å². The Morgan fingerprint density at radius 1 is 1.53 bits per heavy atom. The van der Waals surface area contributed by atoms with Crippen molar-refractivity contribution < 1.29 is 9.90 Å². The molecule has 3 nitrogen and oxygen atoms in total. The number of carboxylic acid groups (broad SMARTS) is 1. The highest BCUT2D eigenvalue weighted by Crippen LogP contribution is 2.22. The quantitative estimate of drug-likeness (QED) is 0.840. The smallest absolute Gasteiger partial charge is 0.407 e. The Bertz CT molecular complexity index is 315. The third kappa shape index (κ3) is 2.72. The zero-order valence-corrected chi connectivity index (χ0v) is 9.37. The van der Waals surface area contributed by atoms with Gasteiger partial charge in [0.2, 0.25) is 0 Å². The number of piperidine rings is 1. The van der Waals surface area contributed by atoms with Gasteiger partial charge in [0.25, 0.3) is 0 Å². The van der Waals surface area contributed by atoms with Gasteiger partial charge < -0.3 is 10.0 Å². The number of rotatable bonds is 2. The van der Waals surface area contributed by atoms with Crippen molar-refractivity contribution in [3.8, 4) is 0 Å². The van der Waals surface area contributed by atoms with Gasteiger partial charge in [0.15, 0.2) is 0 Å². The lowest BCUT2D eigenvalue weighted by Gasteiger charge is -2.29. The number of amides is 1. The minimum atomic E-state index is -0.774. The zero-order chi connectivity index (χ0) is 10.7. The summed E-state index contributed by atoms with van der Waals surface area (Å²) in [5.74, 6) is 0.662. The van der Waals surface area contributed by atoms with E-state index in [1.807, 2.05) is 0 Å². The van der Waals surface area contributed by atoms with Crippen LogP contribution < -0.4 is 0 Å². The maximum Gasteiger partial charge on any atom is 0.407 e. The molecule has 15 heavy (non-hydrogen) atoms. The molecule has 0 radical (unpaired) electrons. The monoisotopic (exact) mass is 225 g/mol. The van der Waals surface area contributed by atoms with Crippen LogP contribution in [0.4, 0.5) is 4.79 Å². The van der Waals surface area contributed by atoms with E-state index < -0.39 is 6.09 Å². The first-order valence-electron chi connectivity index (χ1n) is 5.24. The number of carbonyl (C=O) groups is 1. The first-order chi connectivity index (χ1) is 7.25. The van der Waals surface area contributed by atoms with Crippen LogP contribution in [0.1, 0.15) is 18.4 Å². The standard InChI is InChI=1S/C11H15NO2S/c13-11(14)12-4-1-9(2-5-12)7-10-3-6-15-8-10/h3,6,8-9H,1-2,4-5,7H2,(H,13,14). The molecule has 0 saturated carbocycles. The molecule has 1 aromatic rings. The van der Waals surface area contributed by atoms with Gasteiger partial charge in [-0.05, 0) is 47.6 Å². The molecule has 1 aliphatic rings. The fraction of sp³-hybridized carbons (Fsp3) is 0.545. The lowest BCUT2D eigenvalue weighted by molar-refractivity contribution is 0.124. The topological polar surface area (TPSA) is 40.5 Å². The molecule has 0 aliphatic carbocycles. The van der Waals surface area contributed by atoms with E-state index in [0.717, 1.165) is 19.3 Å². The lowest BCUT2D eigenvalue weighted by Crippen LogP contribution is -2.37. The number of thiophene rings is 1. The Morgan fingerprint density at radius 3 is 2.80 bits per heavy atom. The number of hydrogen-bond donors (Lipinski definition) is 1. The molecule has 82 valence electrons. The summed E-state index contributed by atoms with van der Waals surface area (Å²) in [7, 11) is 0. The molecule has 0 bridgehead atoms. The van der Waals surface area contributed by atoms with Gasteiger partial charge in [0.05, 0.1) is 0 Å². The summed E-state index contributed by atoms with van der Waals surface area (Å²) in [6.45, 7) is 1.40. The fourth-order valence-electron chi connectivity index (χ4n) is 2.07. The average Bonchev–Trinajstić information content (AvgIpc) is 2.71. The van der Waals surface area contributed by atoms with Crippen LogP contribution in [-0.4, -0.2) is 29.2 Å². The second kappa shape index (κ2) is 4.66. The Morgan fingerprint density at radius 2 is 2.27 bits per heavy atom. The minimum Gasteiger partial charge on any atom is -0.465 e. The maximum absolute atomic E-state index is 10.7. The first-order valence-corrected chi connectivity index (χ1v) is 6.19. The normalized spacial score (nSPS) is 18.0. The molecule has 4 heteroatoms. The molecule has 0 aromatic carbocycles. The second-order valence-electron chi connectivity index (χ2n) is 4.05. The fourth-order valence-corrected chi connectivity index (χ4v) is 2.75. The minimum absolute atomic E-state index is 0.662.